The first-order chi connectivity index (χ1) is 14.4. The molecule has 0 aromatic carbocycles. The zero-order valence-corrected chi connectivity index (χ0v) is 16.9. The molecule has 3 aromatic rings. The molecule has 0 bridgehead atoms. The lowest BCUT2D eigenvalue weighted by Crippen LogP contribution is -2.56. The maximum atomic E-state index is 13.0. The van der Waals surface area contributed by atoms with E-state index in [4.69, 9.17) is 4.98 Å². The number of amides is 2. The van der Waals surface area contributed by atoms with Gasteiger partial charge < -0.3 is 4.90 Å². The van der Waals surface area contributed by atoms with Crippen molar-refractivity contribution in [2.24, 2.45) is 0 Å². The maximum Gasteiger partial charge on any atom is 0.330 e. The Morgan fingerprint density at radius 3 is 2.77 bits per heavy atom. The van der Waals surface area contributed by atoms with Crippen molar-refractivity contribution < 1.29 is 13.2 Å². The predicted molar refractivity (Wildman–Crippen MR) is 112 cm³/mol. The zero-order valence-electron chi connectivity index (χ0n) is 16.1. The Hall–Kier alpha value is -3.53. The topological polar surface area (TPSA) is 108 Å². The summed E-state index contributed by atoms with van der Waals surface area (Å²) in [6.45, 7) is 0.844. The highest BCUT2D eigenvalue weighted by molar-refractivity contribution is 7.90. The first kappa shape index (κ1) is 18.5. The van der Waals surface area contributed by atoms with Crippen molar-refractivity contribution in [1.29, 1.82) is 0 Å². The van der Waals surface area contributed by atoms with Crippen molar-refractivity contribution in [3.63, 3.8) is 0 Å². The Morgan fingerprint density at radius 2 is 2.07 bits per heavy atom. The zero-order chi connectivity index (χ0) is 20.9. The molecule has 10 heteroatoms. The van der Waals surface area contributed by atoms with Gasteiger partial charge in [-0.2, -0.15) is 0 Å². The Labute approximate surface area is 173 Å². The van der Waals surface area contributed by atoms with Crippen molar-refractivity contribution in [3.05, 3.63) is 55.0 Å². The van der Waals surface area contributed by atoms with Gasteiger partial charge in [-0.3, -0.25) is 15.2 Å². The fourth-order valence-corrected chi connectivity index (χ4v) is 4.26. The summed E-state index contributed by atoms with van der Waals surface area (Å²) in [7, 11) is -3.39. The third kappa shape index (κ3) is 3.05. The molecule has 30 heavy (non-hydrogen) atoms. The van der Waals surface area contributed by atoms with Gasteiger partial charge in [0.25, 0.3) is 0 Å². The molecule has 1 N–H and O–H groups in total. The number of hydrogen-bond donors (Lipinski definition) is 1. The van der Waals surface area contributed by atoms with Gasteiger partial charge in [-0.25, -0.2) is 23.2 Å². The van der Waals surface area contributed by atoms with Gasteiger partial charge in [0, 0.05) is 43.4 Å². The van der Waals surface area contributed by atoms with Gasteiger partial charge >= 0.3 is 6.03 Å². The van der Waals surface area contributed by atoms with Crippen LogP contribution in [0.3, 0.4) is 0 Å². The number of rotatable bonds is 3. The van der Waals surface area contributed by atoms with Gasteiger partial charge in [-0.05, 0) is 30.3 Å². The molecule has 0 unspecified atom stereocenters. The minimum atomic E-state index is -3.39. The molecule has 0 aliphatic carbocycles. The second kappa shape index (κ2) is 6.77. The molecule has 2 aliphatic heterocycles. The van der Waals surface area contributed by atoms with Gasteiger partial charge in [-0.1, -0.05) is 6.07 Å². The van der Waals surface area contributed by atoms with Crippen LogP contribution in [0, 0.1) is 0 Å². The lowest BCUT2D eigenvalue weighted by molar-refractivity contribution is 0.252. The summed E-state index contributed by atoms with van der Waals surface area (Å²) >= 11 is 0. The summed E-state index contributed by atoms with van der Waals surface area (Å²) in [5.41, 5.74) is 1.99. The van der Waals surface area contributed by atoms with E-state index in [1.54, 1.807) is 41.6 Å². The van der Waals surface area contributed by atoms with Crippen LogP contribution in [-0.2, 0) is 9.84 Å². The molecular formula is C20H18N6O3S. The SMILES string of the molecule is CS(=O)(=O)c1cncc(-c2ccc3c(n2)N(C(=O)Nc2ccccn2)[C@H]2CCN32)c1. The number of urea groups is 1. The van der Waals surface area contributed by atoms with Gasteiger partial charge in [-0.15, -0.1) is 0 Å². The monoisotopic (exact) mass is 422 g/mol. The number of fused-ring (bicyclic) bond motifs is 3. The molecular weight excluding hydrogens is 404 g/mol. The normalized spacial score (nSPS) is 17.2. The van der Waals surface area contributed by atoms with Gasteiger partial charge in [0.2, 0.25) is 0 Å². The fourth-order valence-electron chi connectivity index (χ4n) is 3.67. The van der Waals surface area contributed by atoms with Crippen LogP contribution in [0.5, 0.6) is 0 Å². The average molecular weight is 422 g/mol. The Kier molecular flexibility index (Phi) is 4.17. The van der Waals surface area contributed by atoms with E-state index in [0.29, 0.717) is 22.9 Å². The molecule has 1 fully saturated rings. The standard InChI is InChI=1S/C20H18N6O3S/c1-30(28,29)14-10-13(11-21-12-14)15-5-6-16-19(23-15)26(18-7-9-25(16)18)20(27)24-17-4-2-3-8-22-17/h2-6,8,10-12,18H,7,9H2,1H3,(H,22,24,27)/t18-/m0/s1. The van der Waals surface area contributed by atoms with E-state index in [1.165, 1.54) is 6.20 Å². The number of hydrogen-bond acceptors (Lipinski definition) is 7. The van der Waals surface area contributed by atoms with Gasteiger partial charge in [0.05, 0.1) is 16.3 Å². The Bertz CT molecular complexity index is 1250. The molecule has 5 rings (SSSR count). The Morgan fingerprint density at radius 1 is 1.20 bits per heavy atom. The van der Waals surface area contributed by atoms with E-state index in [0.717, 1.165) is 24.9 Å². The number of carbonyl (C=O) groups is 1. The van der Waals surface area contributed by atoms with Crippen LogP contribution < -0.4 is 15.1 Å². The van der Waals surface area contributed by atoms with Crippen LogP contribution in [0.2, 0.25) is 0 Å². The van der Waals surface area contributed by atoms with Crippen molar-refractivity contribution in [3.8, 4) is 11.3 Å². The minimum Gasteiger partial charge on any atom is -0.347 e. The second-order valence-electron chi connectivity index (χ2n) is 7.20. The lowest BCUT2D eigenvalue weighted by atomic mass is 10.1. The first-order valence-electron chi connectivity index (χ1n) is 9.36. The number of anilines is 3. The summed E-state index contributed by atoms with van der Waals surface area (Å²) in [5.74, 6) is 0.997. The second-order valence-corrected chi connectivity index (χ2v) is 9.21. The smallest absolute Gasteiger partial charge is 0.330 e. The molecule has 1 atom stereocenters. The quantitative estimate of drug-likeness (QED) is 0.691. The van der Waals surface area contributed by atoms with Crippen LogP contribution in [0.15, 0.2) is 59.9 Å². The molecule has 5 heterocycles. The third-order valence-corrected chi connectivity index (χ3v) is 6.31. The summed E-state index contributed by atoms with van der Waals surface area (Å²) in [4.78, 5) is 29.8. The molecule has 9 nitrogen and oxygen atoms in total. The van der Waals surface area contributed by atoms with Gasteiger partial charge in [0.15, 0.2) is 15.7 Å². The highest BCUT2D eigenvalue weighted by atomic mass is 32.2. The van der Waals surface area contributed by atoms with E-state index in [2.05, 4.69) is 20.2 Å². The van der Waals surface area contributed by atoms with E-state index < -0.39 is 9.84 Å². The summed E-state index contributed by atoms with van der Waals surface area (Å²) in [5, 5.41) is 2.82. The number of nitrogens with one attached hydrogen (secondary N) is 1. The highest BCUT2D eigenvalue weighted by Crippen LogP contribution is 2.45. The number of aromatic nitrogens is 3. The van der Waals surface area contributed by atoms with Crippen LogP contribution in [0.1, 0.15) is 6.42 Å². The van der Waals surface area contributed by atoms with Crippen molar-refractivity contribution >= 4 is 33.2 Å². The summed E-state index contributed by atoms with van der Waals surface area (Å²) in [6, 6.07) is 10.3. The third-order valence-electron chi connectivity index (χ3n) is 5.23. The average Bonchev–Trinajstić information content (AvgIpc) is 2.93. The number of nitrogens with zero attached hydrogens (tertiary/aromatic N) is 5. The largest absolute Gasteiger partial charge is 0.347 e. The van der Waals surface area contributed by atoms with Crippen LogP contribution in [-0.4, -0.2) is 48.4 Å². The Balaban J connectivity index is 1.52. The van der Waals surface area contributed by atoms with E-state index in [-0.39, 0.29) is 17.1 Å². The van der Waals surface area contributed by atoms with Crippen molar-refractivity contribution in [1.82, 2.24) is 15.0 Å². The molecule has 152 valence electrons. The van der Waals surface area contributed by atoms with Crippen molar-refractivity contribution in [2.75, 3.05) is 27.9 Å². The van der Waals surface area contributed by atoms with Crippen molar-refractivity contribution in [2.45, 2.75) is 17.5 Å². The molecule has 2 amide bonds. The lowest BCUT2D eigenvalue weighted by Gasteiger charge is -2.39. The van der Waals surface area contributed by atoms with Crippen LogP contribution >= 0.6 is 0 Å². The van der Waals surface area contributed by atoms with E-state index in [1.807, 2.05) is 12.1 Å². The summed E-state index contributed by atoms with van der Waals surface area (Å²) in [6.07, 6.45) is 6.37. The van der Waals surface area contributed by atoms with Crippen LogP contribution in [0.4, 0.5) is 22.1 Å². The molecule has 0 saturated carbocycles. The molecule has 1 saturated heterocycles. The number of carbonyl (C=O) groups excluding carboxylic acids is 1. The fraction of sp³-hybridized carbons (Fsp3) is 0.200. The molecule has 2 aliphatic rings. The molecule has 0 spiro atoms. The number of pyridine rings is 3. The van der Waals surface area contributed by atoms with E-state index in [9.17, 15) is 13.2 Å². The number of sulfone groups is 1. The predicted octanol–water partition coefficient (Wildman–Crippen LogP) is 2.53. The first-order valence-corrected chi connectivity index (χ1v) is 11.3. The highest BCUT2D eigenvalue weighted by Gasteiger charge is 2.46. The van der Waals surface area contributed by atoms with E-state index >= 15 is 0 Å². The summed E-state index contributed by atoms with van der Waals surface area (Å²) < 4.78 is 23.8. The van der Waals surface area contributed by atoms with Crippen LogP contribution in [0.25, 0.3) is 11.3 Å². The van der Waals surface area contributed by atoms with Gasteiger partial charge in [0.1, 0.15) is 12.0 Å². The minimum absolute atomic E-state index is 0.0908. The molecule has 0 radical (unpaired) electrons. The maximum absolute atomic E-state index is 13.0. The molecule has 3 aromatic heterocycles.